The minimum Gasteiger partial charge on any atom is -0.451 e. The molecule has 0 atom stereocenters. The molecule has 4 heteroatoms. The average Bonchev–Trinajstić information content (AvgIpc) is 2.59. The van der Waals surface area contributed by atoms with Gasteiger partial charge in [0.2, 0.25) is 0 Å². The van der Waals surface area contributed by atoms with Crippen LogP contribution in [0.2, 0.25) is 0 Å². The van der Waals surface area contributed by atoms with Crippen molar-refractivity contribution in [3.8, 4) is 11.5 Å². The summed E-state index contributed by atoms with van der Waals surface area (Å²) in [7, 11) is 0. The lowest BCUT2D eigenvalue weighted by Gasteiger charge is -1.98. The van der Waals surface area contributed by atoms with E-state index in [1.54, 1.807) is 24.5 Å². The van der Waals surface area contributed by atoms with Crippen LogP contribution in [-0.4, -0.2) is 10.1 Å². The number of nitrogens with zero attached hydrogens (tertiary/aromatic N) is 2. The lowest BCUT2D eigenvalue weighted by molar-refractivity contribution is 0.409. The van der Waals surface area contributed by atoms with E-state index in [2.05, 4.69) is 14.7 Å². The van der Waals surface area contributed by atoms with Crippen LogP contribution in [0.15, 0.2) is 41.5 Å². The molecular weight excluding hydrogens is 156 g/mol. The summed E-state index contributed by atoms with van der Waals surface area (Å²) in [5.74, 6) is 1.24. The second-order valence-corrected chi connectivity index (χ2v) is 2.15. The molecule has 0 aliphatic rings. The molecule has 2 aromatic heterocycles. The van der Waals surface area contributed by atoms with Gasteiger partial charge in [-0.2, -0.15) is 0 Å². The van der Waals surface area contributed by atoms with Gasteiger partial charge in [0.05, 0.1) is 6.20 Å². The summed E-state index contributed by atoms with van der Waals surface area (Å²) >= 11 is 0. The SMILES string of the molecule is c1cncc(Oc2cnoc2)c1. The molecule has 60 valence electrons. The summed E-state index contributed by atoms with van der Waals surface area (Å²) in [5, 5.41) is 3.50. The van der Waals surface area contributed by atoms with Gasteiger partial charge in [0.15, 0.2) is 12.0 Å². The molecule has 2 aromatic rings. The summed E-state index contributed by atoms with van der Waals surface area (Å²) in [5.41, 5.74) is 0. The van der Waals surface area contributed by atoms with Crippen molar-refractivity contribution in [1.29, 1.82) is 0 Å². The van der Waals surface area contributed by atoms with E-state index in [-0.39, 0.29) is 0 Å². The highest BCUT2D eigenvalue weighted by Crippen LogP contribution is 2.18. The van der Waals surface area contributed by atoms with Gasteiger partial charge in [-0.25, -0.2) is 0 Å². The molecule has 0 radical (unpaired) electrons. The van der Waals surface area contributed by atoms with Crippen molar-refractivity contribution in [2.75, 3.05) is 0 Å². The first-order valence-electron chi connectivity index (χ1n) is 3.42. The van der Waals surface area contributed by atoms with Crippen LogP contribution in [0.5, 0.6) is 11.5 Å². The topological polar surface area (TPSA) is 48.2 Å². The van der Waals surface area contributed by atoms with Crippen molar-refractivity contribution in [2.24, 2.45) is 0 Å². The number of pyridine rings is 1. The molecule has 2 rings (SSSR count). The number of aromatic nitrogens is 2. The minimum atomic E-state index is 0.572. The van der Waals surface area contributed by atoms with E-state index in [0.29, 0.717) is 11.5 Å². The van der Waals surface area contributed by atoms with E-state index in [9.17, 15) is 0 Å². The molecule has 0 aliphatic heterocycles. The predicted molar refractivity (Wildman–Crippen MR) is 40.8 cm³/mol. The Kier molecular flexibility index (Phi) is 1.74. The maximum Gasteiger partial charge on any atom is 0.186 e. The highest BCUT2D eigenvalue weighted by Gasteiger charge is 1.97. The van der Waals surface area contributed by atoms with Gasteiger partial charge in [0, 0.05) is 6.20 Å². The van der Waals surface area contributed by atoms with E-state index in [0.717, 1.165) is 0 Å². The van der Waals surface area contributed by atoms with Gasteiger partial charge in [0.1, 0.15) is 11.9 Å². The first-order valence-corrected chi connectivity index (χ1v) is 3.42. The molecule has 0 aliphatic carbocycles. The average molecular weight is 162 g/mol. The summed E-state index contributed by atoms with van der Waals surface area (Å²) < 4.78 is 9.89. The molecule has 0 unspecified atom stereocenters. The van der Waals surface area contributed by atoms with Gasteiger partial charge in [-0.1, -0.05) is 5.16 Å². The van der Waals surface area contributed by atoms with Crippen LogP contribution in [0.3, 0.4) is 0 Å². The zero-order valence-electron chi connectivity index (χ0n) is 6.18. The van der Waals surface area contributed by atoms with Crippen LogP contribution in [0, 0.1) is 0 Å². The van der Waals surface area contributed by atoms with Gasteiger partial charge in [-0.05, 0) is 12.1 Å². The molecule has 2 heterocycles. The second kappa shape index (κ2) is 3.04. The van der Waals surface area contributed by atoms with Crippen molar-refractivity contribution in [2.45, 2.75) is 0 Å². The zero-order valence-corrected chi connectivity index (χ0v) is 6.18. The van der Waals surface area contributed by atoms with Crippen molar-refractivity contribution >= 4 is 0 Å². The van der Waals surface area contributed by atoms with Gasteiger partial charge in [-0.3, -0.25) is 4.98 Å². The minimum absolute atomic E-state index is 0.572. The molecule has 0 saturated heterocycles. The van der Waals surface area contributed by atoms with Gasteiger partial charge < -0.3 is 9.26 Å². The van der Waals surface area contributed by atoms with E-state index in [1.807, 2.05) is 0 Å². The summed E-state index contributed by atoms with van der Waals surface area (Å²) in [6, 6.07) is 3.60. The quantitative estimate of drug-likeness (QED) is 0.676. The van der Waals surface area contributed by atoms with Gasteiger partial charge in [-0.15, -0.1) is 0 Å². The lowest BCUT2D eigenvalue weighted by Crippen LogP contribution is -1.81. The summed E-state index contributed by atoms with van der Waals surface area (Å²) in [6.45, 7) is 0. The zero-order chi connectivity index (χ0) is 8.23. The third kappa shape index (κ3) is 1.42. The van der Waals surface area contributed by atoms with Crippen LogP contribution in [0.25, 0.3) is 0 Å². The lowest BCUT2D eigenvalue weighted by atomic mass is 10.5. The molecule has 0 aromatic carbocycles. The highest BCUT2D eigenvalue weighted by atomic mass is 16.5. The van der Waals surface area contributed by atoms with Crippen molar-refractivity contribution in [3.63, 3.8) is 0 Å². The fourth-order valence-electron chi connectivity index (χ4n) is 0.789. The maximum absolute atomic E-state index is 5.30. The molecule has 4 nitrogen and oxygen atoms in total. The van der Waals surface area contributed by atoms with Gasteiger partial charge >= 0.3 is 0 Å². The smallest absolute Gasteiger partial charge is 0.186 e. The highest BCUT2D eigenvalue weighted by molar-refractivity contribution is 5.23. The first-order chi connectivity index (χ1) is 5.95. The Morgan fingerprint density at radius 2 is 2.25 bits per heavy atom. The largest absolute Gasteiger partial charge is 0.451 e. The van der Waals surface area contributed by atoms with E-state index >= 15 is 0 Å². The standard InChI is InChI=1S/C8H6N2O2/c1-2-7(4-9-3-1)12-8-5-10-11-6-8/h1-6H. The van der Waals surface area contributed by atoms with Crippen molar-refractivity contribution in [3.05, 3.63) is 37.0 Å². The van der Waals surface area contributed by atoms with Crippen LogP contribution in [-0.2, 0) is 0 Å². The normalized spacial score (nSPS) is 9.67. The molecular formula is C8H6N2O2. The second-order valence-electron chi connectivity index (χ2n) is 2.15. The predicted octanol–water partition coefficient (Wildman–Crippen LogP) is 1.86. The molecule has 12 heavy (non-hydrogen) atoms. The number of rotatable bonds is 2. The third-order valence-electron chi connectivity index (χ3n) is 1.28. The van der Waals surface area contributed by atoms with Crippen LogP contribution < -0.4 is 4.74 Å². The Labute approximate surface area is 68.8 Å². The summed E-state index contributed by atoms with van der Waals surface area (Å²) in [4.78, 5) is 3.89. The molecule has 0 bridgehead atoms. The first kappa shape index (κ1) is 6.84. The van der Waals surface area contributed by atoms with Gasteiger partial charge in [0.25, 0.3) is 0 Å². The fraction of sp³-hybridized carbons (Fsp3) is 0. The fourth-order valence-corrected chi connectivity index (χ4v) is 0.789. The molecule has 0 fully saturated rings. The third-order valence-corrected chi connectivity index (χ3v) is 1.28. The Morgan fingerprint density at radius 3 is 2.92 bits per heavy atom. The van der Waals surface area contributed by atoms with Crippen LogP contribution >= 0.6 is 0 Å². The Morgan fingerprint density at radius 1 is 1.25 bits per heavy atom. The van der Waals surface area contributed by atoms with Crippen LogP contribution in [0.4, 0.5) is 0 Å². The molecule has 0 N–H and O–H groups in total. The van der Waals surface area contributed by atoms with Crippen molar-refractivity contribution in [1.82, 2.24) is 10.1 Å². The molecule has 0 amide bonds. The maximum atomic E-state index is 5.30. The Bertz CT molecular complexity index is 331. The van der Waals surface area contributed by atoms with Crippen molar-refractivity contribution < 1.29 is 9.26 Å². The van der Waals surface area contributed by atoms with E-state index < -0.39 is 0 Å². The number of ether oxygens (including phenoxy) is 1. The summed E-state index contributed by atoms with van der Waals surface area (Å²) in [6.07, 6.45) is 6.22. The molecule has 0 saturated carbocycles. The number of hydrogen-bond donors (Lipinski definition) is 0. The van der Waals surface area contributed by atoms with E-state index in [4.69, 9.17) is 4.74 Å². The monoisotopic (exact) mass is 162 g/mol. The Hall–Kier alpha value is -1.84. The van der Waals surface area contributed by atoms with E-state index in [1.165, 1.54) is 12.5 Å². The number of hydrogen-bond acceptors (Lipinski definition) is 4. The molecule has 0 spiro atoms. The Balaban J connectivity index is 2.15. The van der Waals surface area contributed by atoms with Crippen LogP contribution in [0.1, 0.15) is 0 Å².